The smallest absolute Gasteiger partial charge is 0.225 e. The molecule has 2 aromatic rings. The molecule has 1 aromatic carbocycles. The minimum atomic E-state index is 0.0485. The van der Waals surface area contributed by atoms with Crippen LogP contribution >= 0.6 is 0 Å². The van der Waals surface area contributed by atoms with E-state index in [9.17, 15) is 4.79 Å². The Morgan fingerprint density at radius 2 is 1.93 bits per heavy atom. The Morgan fingerprint density at radius 3 is 2.74 bits per heavy atom. The highest BCUT2D eigenvalue weighted by Crippen LogP contribution is 2.29. The van der Waals surface area contributed by atoms with E-state index >= 15 is 0 Å². The van der Waals surface area contributed by atoms with Gasteiger partial charge in [0.2, 0.25) is 11.9 Å². The van der Waals surface area contributed by atoms with Crippen LogP contribution in [0.5, 0.6) is 0 Å². The van der Waals surface area contributed by atoms with Gasteiger partial charge in [-0.2, -0.15) is 0 Å². The number of piperidine rings is 1. The van der Waals surface area contributed by atoms with Crippen molar-refractivity contribution in [1.29, 1.82) is 0 Å². The lowest BCUT2D eigenvalue weighted by Crippen LogP contribution is -2.34. The summed E-state index contributed by atoms with van der Waals surface area (Å²) in [6, 6.07) is 10.2. The Balaban J connectivity index is 1.39. The Bertz CT molecular complexity index is 771. The Labute approximate surface area is 161 Å². The molecule has 1 atom stereocenters. The number of aromatic nitrogens is 2. The van der Waals surface area contributed by atoms with E-state index < -0.39 is 0 Å². The van der Waals surface area contributed by atoms with E-state index in [0.717, 1.165) is 56.0 Å². The van der Waals surface area contributed by atoms with Gasteiger partial charge in [-0.05, 0) is 50.5 Å². The lowest BCUT2D eigenvalue weighted by molar-refractivity contribution is -0.121. The number of fused-ring (bicyclic) bond motifs is 1. The van der Waals surface area contributed by atoms with E-state index in [1.165, 1.54) is 24.8 Å². The molecular formula is C22H28N4O. The van der Waals surface area contributed by atoms with Crippen molar-refractivity contribution in [2.75, 3.05) is 18.0 Å². The molecule has 0 spiro atoms. The highest BCUT2D eigenvalue weighted by Gasteiger charge is 2.25. The summed E-state index contributed by atoms with van der Waals surface area (Å²) in [6.45, 7) is 2.11. The maximum absolute atomic E-state index is 12.4. The first-order valence-corrected chi connectivity index (χ1v) is 10.2. The largest absolute Gasteiger partial charge is 0.349 e. The molecule has 1 fully saturated rings. The van der Waals surface area contributed by atoms with Crippen LogP contribution in [-0.2, 0) is 17.6 Å². The van der Waals surface area contributed by atoms with Gasteiger partial charge in [-0.15, -0.1) is 0 Å². The summed E-state index contributed by atoms with van der Waals surface area (Å²) in [5.74, 6) is 0.973. The molecule has 1 aliphatic heterocycles. The molecule has 142 valence electrons. The van der Waals surface area contributed by atoms with Gasteiger partial charge in [0.05, 0.1) is 11.7 Å². The fourth-order valence-corrected chi connectivity index (χ4v) is 4.10. The highest BCUT2D eigenvalue weighted by molar-refractivity contribution is 5.76. The van der Waals surface area contributed by atoms with Crippen LogP contribution in [0.15, 0.2) is 36.5 Å². The van der Waals surface area contributed by atoms with E-state index in [1.54, 1.807) is 0 Å². The summed E-state index contributed by atoms with van der Waals surface area (Å²) in [5, 5.41) is 3.21. The van der Waals surface area contributed by atoms with Gasteiger partial charge in [0.1, 0.15) is 0 Å². The Hall–Kier alpha value is -2.43. The maximum Gasteiger partial charge on any atom is 0.225 e. The third-order valence-corrected chi connectivity index (χ3v) is 5.63. The van der Waals surface area contributed by atoms with Crippen LogP contribution in [0.2, 0.25) is 0 Å². The second kappa shape index (κ2) is 8.51. The first-order valence-electron chi connectivity index (χ1n) is 10.2. The molecule has 27 heavy (non-hydrogen) atoms. The van der Waals surface area contributed by atoms with E-state index in [4.69, 9.17) is 4.98 Å². The molecular weight excluding hydrogens is 336 g/mol. The molecule has 0 radical (unpaired) electrons. The minimum absolute atomic E-state index is 0.0485. The molecule has 5 heteroatoms. The monoisotopic (exact) mass is 364 g/mol. The van der Waals surface area contributed by atoms with Gasteiger partial charge in [-0.1, -0.05) is 30.3 Å². The number of nitrogens with one attached hydrogen (secondary N) is 1. The van der Waals surface area contributed by atoms with Crippen molar-refractivity contribution in [3.05, 3.63) is 53.3 Å². The predicted molar refractivity (Wildman–Crippen MR) is 107 cm³/mol. The van der Waals surface area contributed by atoms with Crippen molar-refractivity contribution in [3.8, 4) is 0 Å². The first kappa shape index (κ1) is 18.0. The summed E-state index contributed by atoms with van der Waals surface area (Å²) < 4.78 is 0. The number of hydrogen-bond acceptors (Lipinski definition) is 4. The number of aryl methyl sites for hydroxylation is 2. The molecule has 0 saturated carbocycles. The molecule has 2 aliphatic rings. The summed E-state index contributed by atoms with van der Waals surface area (Å²) >= 11 is 0. The average Bonchev–Trinajstić information content (AvgIpc) is 2.73. The number of anilines is 1. The maximum atomic E-state index is 12.4. The zero-order valence-electron chi connectivity index (χ0n) is 15.9. The summed E-state index contributed by atoms with van der Waals surface area (Å²) in [4.78, 5) is 24.2. The zero-order valence-corrected chi connectivity index (χ0v) is 15.9. The molecule has 1 amide bonds. The van der Waals surface area contributed by atoms with E-state index in [-0.39, 0.29) is 11.9 Å². The van der Waals surface area contributed by atoms with Crippen LogP contribution in [0.25, 0.3) is 0 Å². The second-order valence-corrected chi connectivity index (χ2v) is 7.62. The van der Waals surface area contributed by atoms with Gasteiger partial charge in [-0.3, -0.25) is 4.79 Å². The van der Waals surface area contributed by atoms with Crippen molar-refractivity contribution >= 4 is 11.9 Å². The van der Waals surface area contributed by atoms with Gasteiger partial charge in [0, 0.05) is 31.3 Å². The highest BCUT2D eigenvalue weighted by atomic mass is 16.1. The van der Waals surface area contributed by atoms with Gasteiger partial charge < -0.3 is 10.2 Å². The van der Waals surface area contributed by atoms with Crippen LogP contribution in [-0.4, -0.2) is 29.0 Å². The minimum Gasteiger partial charge on any atom is -0.349 e. The van der Waals surface area contributed by atoms with E-state index in [2.05, 4.69) is 27.3 Å². The third kappa shape index (κ3) is 4.46. The fourth-order valence-electron chi connectivity index (χ4n) is 4.10. The van der Waals surface area contributed by atoms with E-state index in [1.807, 2.05) is 24.4 Å². The van der Waals surface area contributed by atoms with Crippen molar-refractivity contribution in [1.82, 2.24) is 15.3 Å². The molecule has 1 N–H and O–H groups in total. The number of amides is 1. The van der Waals surface area contributed by atoms with E-state index in [0.29, 0.717) is 6.42 Å². The number of benzene rings is 1. The fraction of sp³-hybridized carbons (Fsp3) is 0.500. The summed E-state index contributed by atoms with van der Waals surface area (Å²) in [5.41, 5.74) is 3.42. The van der Waals surface area contributed by atoms with Crippen LogP contribution in [0, 0.1) is 0 Å². The first-order chi connectivity index (χ1) is 13.3. The molecule has 1 aromatic heterocycles. The van der Waals surface area contributed by atoms with Crippen molar-refractivity contribution in [3.63, 3.8) is 0 Å². The van der Waals surface area contributed by atoms with Crippen molar-refractivity contribution in [2.45, 2.75) is 57.4 Å². The molecule has 4 rings (SSSR count). The van der Waals surface area contributed by atoms with Gasteiger partial charge in [-0.25, -0.2) is 9.97 Å². The van der Waals surface area contributed by atoms with Crippen molar-refractivity contribution in [2.24, 2.45) is 0 Å². The topological polar surface area (TPSA) is 58.1 Å². The quantitative estimate of drug-likeness (QED) is 0.881. The van der Waals surface area contributed by atoms with Gasteiger partial charge >= 0.3 is 0 Å². The SMILES string of the molecule is O=C(CCc1ccccc1)NC1CCCc2nc(N3CCCCC3)ncc21. The Morgan fingerprint density at radius 1 is 1.11 bits per heavy atom. The average molecular weight is 364 g/mol. The molecule has 2 heterocycles. The van der Waals surface area contributed by atoms with Crippen LogP contribution in [0.4, 0.5) is 5.95 Å². The number of carbonyl (C=O) groups excluding carboxylic acids is 1. The molecule has 1 unspecified atom stereocenters. The predicted octanol–water partition coefficient (Wildman–Crippen LogP) is 3.59. The number of hydrogen-bond donors (Lipinski definition) is 1. The molecule has 1 saturated heterocycles. The number of rotatable bonds is 5. The summed E-state index contributed by atoms with van der Waals surface area (Å²) in [7, 11) is 0. The van der Waals surface area contributed by atoms with Gasteiger partial charge in [0.25, 0.3) is 0 Å². The summed E-state index contributed by atoms with van der Waals surface area (Å²) in [6.07, 6.45) is 10.0. The number of nitrogens with zero attached hydrogens (tertiary/aromatic N) is 3. The van der Waals surface area contributed by atoms with Gasteiger partial charge in [0.15, 0.2) is 0 Å². The van der Waals surface area contributed by atoms with Crippen LogP contribution in [0.1, 0.15) is 61.4 Å². The standard InChI is InChI=1S/C22H28N4O/c27-21(13-12-17-8-3-1-4-9-17)24-19-10-7-11-20-18(19)16-23-22(25-20)26-14-5-2-6-15-26/h1,3-4,8-9,16,19H,2,5-7,10-15H2,(H,24,27). The second-order valence-electron chi connectivity index (χ2n) is 7.62. The lowest BCUT2D eigenvalue weighted by Gasteiger charge is -2.29. The normalized spacial score (nSPS) is 19.4. The molecule has 1 aliphatic carbocycles. The third-order valence-electron chi connectivity index (χ3n) is 5.63. The molecule has 5 nitrogen and oxygen atoms in total. The zero-order chi connectivity index (χ0) is 18.5. The van der Waals surface area contributed by atoms with Crippen LogP contribution in [0.3, 0.4) is 0 Å². The number of carbonyl (C=O) groups is 1. The molecule has 0 bridgehead atoms. The lowest BCUT2D eigenvalue weighted by atomic mass is 9.92. The van der Waals surface area contributed by atoms with Crippen molar-refractivity contribution < 1.29 is 4.79 Å². The van der Waals surface area contributed by atoms with Crippen LogP contribution < -0.4 is 10.2 Å². The Kier molecular flexibility index (Phi) is 5.66.